The summed E-state index contributed by atoms with van der Waals surface area (Å²) < 4.78 is 0. The summed E-state index contributed by atoms with van der Waals surface area (Å²) in [4.78, 5) is 57.7. The average Bonchev–Trinajstić information content (AvgIpc) is 3.01. The summed E-state index contributed by atoms with van der Waals surface area (Å²) >= 11 is 0. The van der Waals surface area contributed by atoms with Gasteiger partial charge in [0.2, 0.25) is 11.8 Å². The van der Waals surface area contributed by atoms with Gasteiger partial charge in [-0.25, -0.2) is 4.79 Å². The number of hydrogen-bond donors (Lipinski definition) is 1. The zero-order valence-electron chi connectivity index (χ0n) is 18.6. The largest absolute Gasteiger partial charge is 0.342 e. The van der Waals surface area contributed by atoms with Gasteiger partial charge in [-0.1, -0.05) is 19.8 Å². The van der Waals surface area contributed by atoms with Gasteiger partial charge in [-0.2, -0.15) is 0 Å². The van der Waals surface area contributed by atoms with Crippen molar-refractivity contribution in [1.82, 2.24) is 24.9 Å². The zero-order valence-corrected chi connectivity index (χ0v) is 18.6. The molecule has 4 fully saturated rings. The quantitative estimate of drug-likeness (QED) is 0.657. The predicted molar refractivity (Wildman–Crippen MR) is 114 cm³/mol. The van der Waals surface area contributed by atoms with Crippen molar-refractivity contribution in [2.45, 2.75) is 57.4 Å². The molecular weight excluding hydrogens is 398 g/mol. The first-order valence-corrected chi connectivity index (χ1v) is 11.8. The van der Waals surface area contributed by atoms with Crippen molar-refractivity contribution in [3.8, 4) is 0 Å². The zero-order chi connectivity index (χ0) is 22.0. The summed E-state index contributed by atoms with van der Waals surface area (Å²) in [5, 5.41) is 2.90. The van der Waals surface area contributed by atoms with Crippen LogP contribution < -0.4 is 5.32 Å². The fourth-order valence-electron chi connectivity index (χ4n) is 5.46. The molecule has 2 unspecified atom stereocenters. The molecule has 1 aliphatic carbocycles. The highest BCUT2D eigenvalue weighted by Gasteiger charge is 2.55. The summed E-state index contributed by atoms with van der Waals surface area (Å²) in [5.41, 5.74) is -0.830. The first-order valence-electron chi connectivity index (χ1n) is 11.8. The second-order valence-electron chi connectivity index (χ2n) is 9.54. The van der Waals surface area contributed by atoms with Gasteiger partial charge >= 0.3 is 6.03 Å². The smallest absolute Gasteiger partial charge is 0.325 e. The molecule has 31 heavy (non-hydrogen) atoms. The van der Waals surface area contributed by atoms with Crippen molar-refractivity contribution < 1.29 is 19.2 Å². The lowest BCUT2D eigenvalue weighted by Crippen LogP contribution is -2.55. The minimum atomic E-state index is -0.830. The molecular formula is C22H35N5O4. The highest BCUT2D eigenvalue weighted by molar-refractivity contribution is 6.09. The van der Waals surface area contributed by atoms with Crippen LogP contribution in [0.5, 0.6) is 0 Å². The molecule has 1 N–H and O–H groups in total. The van der Waals surface area contributed by atoms with Crippen LogP contribution in [0.3, 0.4) is 0 Å². The summed E-state index contributed by atoms with van der Waals surface area (Å²) in [6.45, 7) is 6.19. The molecule has 172 valence electrons. The van der Waals surface area contributed by atoms with E-state index in [0.29, 0.717) is 39.1 Å². The first kappa shape index (κ1) is 22.0. The number of urea groups is 1. The van der Waals surface area contributed by atoms with Crippen molar-refractivity contribution in [3.05, 3.63) is 0 Å². The second-order valence-corrected chi connectivity index (χ2v) is 9.54. The third-order valence-corrected chi connectivity index (χ3v) is 7.59. The van der Waals surface area contributed by atoms with Crippen LogP contribution in [0.25, 0.3) is 0 Å². The van der Waals surface area contributed by atoms with Crippen molar-refractivity contribution in [2.75, 3.05) is 52.4 Å². The molecule has 5 amide bonds. The van der Waals surface area contributed by atoms with E-state index >= 15 is 0 Å². The molecule has 4 aliphatic rings. The van der Waals surface area contributed by atoms with Crippen LogP contribution in [-0.2, 0) is 14.4 Å². The van der Waals surface area contributed by atoms with Gasteiger partial charge in [0, 0.05) is 39.3 Å². The van der Waals surface area contributed by atoms with Gasteiger partial charge in [0.1, 0.15) is 12.1 Å². The topological polar surface area (TPSA) is 93.3 Å². The number of rotatable bonds is 4. The fraction of sp³-hybridized carbons (Fsp3) is 0.818. The first-order chi connectivity index (χ1) is 14.9. The van der Waals surface area contributed by atoms with E-state index in [0.717, 1.165) is 50.1 Å². The third kappa shape index (κ3) is 4.42. The Kier molecular flexibility index (Phi) is 6.50. The van der Waals surface area contributed by atoms with E-state index in [-0.39, 0.29) is 30.2 Å². The van der Waals surface area contributed by atoms with Gasteiger partial charge in [0.15, 0.2) is 0 Å². The Bertz CT molecular complexity index is 729. The van der Waals surface area contributed by atoms with E-state index in [1.54, 1.807) is 4.90 Å². The maximum atomic E-state index is 13.1. The molecule has 0 aromatic carbocycles. The van der Waals surface area contributed by atoms with Crippen molar-refractivity contribution in [2.24, 2.45) is 5.92 Å². The van der Waals surface area contributed by atoms with Gasteiger partial charge in [-0.05, 0) is 38.0 Å². The number of amides is 5. The van der Waals surface area contributed by atoms with Gasteiger partial charge < -0.3 is 15.1 Å². The van der Waals surface area contributed by atoms with E-state index in [9.17, 15) is 19.2 Å². The fourth-order valence-corrected chi connectivity index (χ4v) is 5.46. The number of nitrogens with zero attached hydrogens (tertiary/aromatic N) is 4. The Morgan fingerprint density at radius 2 is 1.52 bits per heavy atom. The SMILES string of the molecule is CC1CCCCC12NC(=O)N(CC(=O)N1CCN(CC(=O)N3CCCCC3)CC1)C2=O. The van der Waals surface area contributed by atoms with E-state index in [2.05, 4.69) is 10.2 Å². The second kappa shape index (κ2) is 9.14. The maximum Gasteiger partial charge on any atom is 0.325 e. The number of hydrogen-bond acceptors (Lipinski definition) is 5. The minimum absolute atomic E-state index is 0.0822. The number of carbonyl (C=O) groups excluding carboxylic acids is 4. The number of likely N-dealkylation sites (tertiary alicyclic amines) is 1. The molecule has 0 aromatic rings. The van der Waals surface area contributed by atoms with Crippen LogP contribution in [0.2, 0.25) is 0 Å². The average molecular weight is 434 g/mol. The number of nitrogens with one attached hydrogen (secondary N) is 1. The highest BCUT2D eigenvalue weighted by atomic mass is 16.2. The minimum Gasteiger partial charge on any atom is -0.342 e. The lowest BCUT2D eigenvalue weighted by atomic mass is 9.73. The number of imide groups is 1. The van der Waals surface area contributed by atoms with E-state index in [1.165, 1.54) is 6.42 Å². The van der Waals surface area contributed by atoms with E-state index < -0.39 is 11.6 Å². The highest BCUT2D eigenvalue weighted by Crippen LogP contribution is 2.38. The van der Waals surface area contributed by atoms with Gasteiger partial charge in [-0.15, -0.1) is 0 Å². The maximum absolute atomic E-state index is 13.1. The van der Waals surface area contributed by atoms with Gasteiger partial charge in [0.05, 0.1) is 6.54 Å². The Labute approximate surface area is 184 Å². The van der Waals surface area contributed by atoms with E-state index in [4.69, 9.17) is 0 Å². The molecule has 0 radical (unpaired) electrons. The molecule has 9 heteroatoms. The van der Waals surface area contributed by atoms with Crippen LogP contribution in [0.15, 0.2) is 0 Å². The molecule has 0 aromatic heterocycles. The Balaban J connectivity index is 1.27. The summed E-state index contributed by atoms with van der Waals surface area (Å²) in [7, 11) is 0. The third-order valence-electron chi connectivity index (χ3n) is 7.59. The van der Waals surface area contributed by atoms with Gasteiger partial charge in [0.25, 0.3) is 5.91 Å². The van der Waals surface area contributed by atoms with Crippen LogP contribution in [0, 0.1) is 5.92 Å². The Morgan fingerprint density at radius 1 is 0.871 bits per heavy atom. The van der Waals surface area contributed by atoms with Crippen molar-refractivity contribution in [3.63, 3.8) is 0 Å². The monoisotopic (exact) mass is 433 g/mol. The van der Waals surface area contributed by atoms with Crippen LogP contribution >= 0.6 is 0 Å². The van der Waals surface area contributed by atoms with Crippen molar-refractivity contribution in [1.29, 1.82) is 0 Å². The summed E-state index contributed by atoms with van der Waals surface area (Å²) in [6, 6.07) is -0.446. The molecule has 9 nitrogen and oxygen atoms in total. The summed E-state index contributed by atoms with van der Waals surface area (Å²) in [6.07, 6.45) is 6.89. The van der Waals surface area contributed by atoms with E-state index in [1.807, 2.05) is 11.8 Å². The molecule has 4 rings (SSSR count). The Hall–Kier alpha value is -2.16. The molecule has 3 saturated heterocycles. The summed E-state index contributed by atoms with van der Waals surface area (Å²) in [5.74, 6) is -0.195. The van der Waals surface area contributed by atoms with Crippen LogP contribution in [0.4, 0.5) is 4.79 Å². The normalized spacial score (nSPS) is 30.1. The lowest BCUT2D eigenvalue weighted by molar-refractivity contribution is -0.142. The molecule has 2 atom stereocenters. The predicted octanol–water partition coefficient (Wildman–Crippen LogP) is 0.644. The standard InChI is InChI=1S/C22H35N5O4/c1-17-7-3-4-8-22(17)20(30)27(21(31)23-22)16-19(29)26-13-11-24(12-14-26)15-18(28)25-9-5-2-6-10-25/h17H,2-16H2,1H3,(H,23,31). The van der Waals surface area contributed by atoms with Crippen LogP contribution in [0.1, 0.15) is 51.9 Å². The molecule has 3 heterocycles. The molecule has 0 bridgehead atoms. The molecule has 3 aliphatic heterocycles. The molecule has 1 spiro atoms. The molecule has 1 saturated carbocycles. The van der Waals surface area contributed by atoms with Crippen LogP contribution in [-0.4, -0.2) is 101 Å². The van der Waals surface area contributed by atoms with Gasteiger partial charge in [-0.3, -0.25) is 24.2 Å². The van der Waals surface area contributed by atoms with Crippen molar-refractivity contribution >= 4 is 23.8 Å². The number of piperidine rings is 1. The number of piperazine rings is 1. The Morgan fingerprint density at radius 3 is 2.19 bits per heavy atom. The number of carbonyl (C=O) groups is 4. The lowest BCUT2D eigenvalue weighted by Gasteiger charge is -2.37.